The Labute approximate surface area is 188 Å². The minimum absolute atomic E-state index is 0.0373. The van der Waals surface area contributed by atoms with Gasteiger partial charge in [0.15, 0.2) is 10.7 Å². The van der Waals surface area contributed by atoms with Crippen LogP contribution in [0.25, 0.3) is 0 Å². The molecule has 2 aromatic heterocycles. The fourth-order valence-electron chi connectivity index (χ4n) is 2.51. The zero-order chi connectivity index (χ0) is 24.8. The first kappa shape index (κ1) is 25.3. The molecule has 2 N–H and O–H groups in total. The van der Waals surface area contributed by atoms with Crippen LogP contribution in [0.2, 0.25) is 0 Å². The first-order chi connectivity index (χ1) is 15.6. The highest BCUT2D eigenvalue weighted by Crippen LogP contribution is 2.22. The van der Waals surface area contributed by atoms with Crippen molar-refractivity contribution < 1.29 is 41.7 Å². The number of aromatic nitrogens is 4. The zero-order valence-electron chi connectivity index (χ0n) is 18.4. The molecule has 0 aliphatic rings. The van der Waals surface area contributed by atoms with Gasteiger partial charge in [0.25, 0.3) is 10.0 Å². The lowest BCUT2D eigenvalue weighted by Crippen LogP contribution is -2.36. The minimum Gasteiger partial charge on any atom is -0.481 e. The molecule has 0 saturated carbocycles. The van der Waals surface area contributed by atoms with Crippen molar-refractivity contribution in [2.45, 2.75) is 18.9 Å². The van der Waals surface area contributed by atoms with Crippen LogP contribution in [-0.2, 0) is 26.5 Å². The van der Waals surface area contributed by atoms with Gasteiger partial charge in [-0.25, -0.2) is 19.1 Å². The Balaban J connectivity index is 2.42. The van der Waals surface area contributed by atoms with Crippen LogP contribution in [0.4, 0.5) is 10.7 Å². The van der Waals surface area contributed by atoms with Crippen molar-refractivity contribution in [2.24, 2.45) is 7.05 Å². The fraction of sp³-hybridized carbons (Fsp3) is 0.412. The summed E-state index contributed by atoms with van der Waals surface area (Å²) in [6, 6.07) is 0.0526. The number of nitrogens with one attached hydrogen (secondary N) is 2. The molecule has 16 heteroatoms. The van der Waals surface area contributed by atoms with Crippen molar-refractivity contribution in [2.75, 3.05) is 32.8 Å². The maximum Gasteiger partial charge on any atom is 0.359 e. The third-order valence-electron chi connectivity index (χ3n) is 3.75. The number of hydrogen-bond donors (Lipinski definition) is 2. The van der Waals surface area contributed by atoms with Gasteiger partial charge in [-0.1, -0.05) is 0 Å². The summed E-state index contributed by atoms with van der Waals surface area (Å²) in [6.07, 6.45) is 0. The highest BCUT2D eigenvalue weighted by Gasteiger charge is 2.36. The van der Waals surface area contributed by atoms with Crippen LogP contribution in [0.1, 0.15) is 34.7 Å². The van der Waals surface area contributed by atoms with Crippen molar-refractivity contribution in [3.05, 3.63) is 17.3 Å². The highest BCUT2D eigenvalue weighted by molar-refractivity contribution is 7.90. The van der Waals surface area contributed by atoms with E-state index < -0.39 is 44.3 Å². The maximum atomic E-state index is 12.9. The molecule has 0 aliphatic carbocycles. The average molecular weight is 486 g/mol. The average Bonchev–Trinajstić information content (AvgIpc) is 3.11. The maximum absolute atomic E-state index is 12.9. The molecular weight excluding hydrogens is 464 g/mol. The number of nitrogens with zero attached hydrogens (tertiary/aromatic N) is 4. The van der Waals surface area contributed by atoms with Crippen LogP contribution in [0, 0.1) is 0 Å². The van der Waals surface area contributed by atoms with Crippen molar-refractivity contribution >= 4 is 33.9 Å². The Bertz CT molecular complexity index is 1140. The molecule has 0 aliphatic heterocycles. The van der Waals surface area contributed by atoms with Gasteiger partial charge >= 0.3 is 18.0 Å². The first-order valence-corrected chi connectivity index (χ1v) is 10.8. The van der Waals surface area contributed by atoms with E-state index >= 15 is 0 Å². The lowest BCUT2D eigenvalue weighted by molar-refractivity contribution is 0.0473. The topological polar surface area (TPSA) is 190 Å². The standard InChI is InChI=1S/C17H22N6O9S/c1-6-31-14(24)11-12(15(25)32-7-2)21-23(3)13(11)33(27,28)22-17(26)20-16-18-9(29-4)8-10(19-16)30-5/h8H,6-7H2,1-5H3,(H2,18,19,20,22,26). The van der Waals surface area contributed by atoms with E-state index in [1.165, 1.54) is 34.1 Å². The van der Waals surface area contributed by atoms with E-state index in [1.54, 1.807) is 4.72 Å². The quantitative estimate of drug-likeness (QED) is 0.455. The Hall–Kier alpha value is -3.95. The molecule has 0 atom stereocenters. The number of sulfonamides is 1. The fourth-order valence-corrected chi connectivity index (χ4v) is 3.74. The Morgan fingerprint density at radius 2 is 1.55 bits per heavy atom. The Kier molecular flexibility index (Phi) is 8.11. The van der Waals surface area contributed by atoms with Gasteiger partial charge in [-0.3, -0.25) is 10.00 Å². The number of urea groups is 1. The Morgan fingerprint density at radius 3 is 2.06 bits per heavy atom. The van der Waals surface area contributed by atoms with Gasteiger partial charge in [0, 0.05) is 7.05 Å². The van der Waals surface area contributed by atoms with Crippen LogP contribution in [0.5, 0.6) is 11.8 Å². The second-order valence-electron chi connectivity index (χ2n) is 5.93. The molecule has 2 heterocycles. The normalized spacial score (nSPS) is 10.8. The summed E-state index contributed by atoms with van der Waals surface area (Å²) in [5.74, 6) is -2.44. The molecule has 2 rings (SSSR count). The highest BCUT2D eigenvalue weighted by atomic mass is 32.2. The van der Waals surface area contributed by atoms with E-state index in [-0.39, 0.29) is 30.9 Å². The van der Waals surface area contributed by atoms with Crippen LogP contribution in [0.3, 0.4) is 0 Å². The molecule has 0 unspecified atom stereocenters. The number of ether oxygens (including phenoxy) is 4. The molecule has 15 nitrogen and oxygen atoms in total. The van der Waals surface area contributed by atoms with Gasteiger partial charge in [-0.15, -0.1) is 0 Å². The summed E-state index contributed by atoms with van der Waals surface area (Å²) in [6.45, 7) is 2.84. The monoisotopic (exact) mass is 486 g/mol. The van der Waals surface area contributed by atoms with Gasteiger partial charge < -0.3 is 18.9 Å². The largest absolute Gasteiger partial charge is 0.481 e. The van der Waals surface area contributed by atoms with E-state index in [4.69, 9.17) is 18.9 Å². The third-order valence-corrected chi connectivity index (χ3v) is 5.18. The summed E-state index contributed by atoms with van der Waals surface area (Å²) in [5.41, 5.74) is -1.27. The van der Waals surface area contributed by atoms with Crippen LogP contribution in [0.15, 0.2) is 11.1 Å². The van der Waals surface area contributed by atoms with Gasteiger partial charge in [-0.05, 0) is 13.8 Å². The summed E-state index contributed by atoms with van der Waals surface area (Å²) in [4.78, 5) is 44.7. The summed E-state index contributed by atoms with van der Waals surface area (Å²) >= 11 is 0. The van der Waals surface area contributed by atoms with Crippen LogP contribution >= 0.6 is 0 Å². The number of methoxy groups -OCH3 is 2. The van der Waals surface area contributed by atoms with Gasteiger partial charge in [-0.2, -0.15) is 23.5 Å². The van der Waals surface area contributed by atoms with E-state index in [0.29, 0.717) is 0 Å². The molecule has 33 heavy (non-hydrogen) atoms. The van der Waals surface area contributed by atoms with E-state index in [0.717, 1.165) is 11.7 Å². The van der Waals surface area contributed by atoms with Crippen LogP contribution < -0.4 is 19.5 Å². The lowest BCUT2D eigenvalue weighted by Gasteiger charge is -2.11. The summed E-state index contributed by atoms with van der Waals surface area (Å²) in [5, 5.41) is 5.09. The van der Waals surface area contributed by atoms with E-state index in [2.05, 4.69) is 20.4 Å². The summed E-state index contributed by atoms with van der Waals surface area (Å²) in [7, 11) is -0.959. The van der Waals surface area contributed by atoms with Gasteiger partial charge in [0.2, 0.25) is 17.7 Å². The van der Waals surface area contributed by atoms with Crippen molar-refractivity contribution in [1.29, 1.82) is 0 Å². The second-order valence-corrected chi connectivity index (χ2v) is 7.53. The van der Waals surface area contributed by atoms with Gasteiger partial charge in [0.05, 0.1) is 33.5 Å². The molecule has 0 aromatic carbocycles. The van der Waals surface area contributed by atoms with Gasteiger partial charge in [0.1, 0.15) is 5.56 Å². The van der Waals surface area contributed by atoms with Crippen molar-refractivity contribution in [3.63, 3.8) is 0 Å². The smallest absolute Gasteiger partial charge is 0.359 e. The Morgan fingerprint density at radius 1 is 1.00 bits per heavy atom. The third kappa shape index (κ3) is 5.85. The zero-order valence-corrected chi connectivity index (χ0v) is 19.2. The second kappa shape index (κ2) is 10.6. The van der Waals surface area contributed by atoms with E-state index in [9.17, 15) is 22.8 Å². The molecule has 0 fully saturated rings. The predicted octanol–water partition coefficient (Wildman–Crippen LogP) is 0.0911. The number of carbonyl (C=O) groups is 3. The molecule has 2 aromatic rings. The number of hydrogen-bond acceptors (Lipinski definition) is 12. The molecule has 0 spiro atoms. The summed E-state index contributed by atoms with van der Waals surface area (Å²) < 4.78 is 47.9. The predicted molar refractivity (Wildman–Crippen MR) is 110 cm³/mol. The molecular formula is C17H22N6O9S. The first-order valence-electron chi connectivity index (χ1n) is 9.29. The SMILES string of the molecule is CCOC(=O)c1nn(C)c(S(=O)(=O)NC(=O)Nc2nc(OC)cc(OC)n2)c1C(=O)OCC. The number of esters is 2. The molecule has 2 amide bonds. The number of anilines is 1. The molecule has 180 valence electrons. The molecule has 0 radical (unpaired) electrons. The molecule has 0 saturated heterocycles. The number of amides is 2. The van der Waals surface area contributed by atoms with E-state index in [1.807, 2.05) is 0 Å². The number of rotatable bonds is 9. The van der Waals surface area contributed by atoms with Crippen molar-refractivity contribution in [1.82, 2.24) is 24.5 Å². The molecule has 0 bridgehead atoms. The minimum atomic E-state index is -4.75. The van der Waals surface area contributed by atoms with Crippen LogP contribution in [-0.4, -0.2) is 73.6 Å². The number of carbonyl (C=O) groups excluding carboxylic acids is 3. The lowest BCUT2D eigenvalue weighted by atomic mass is 10.2. The number of aryl methyl sites for hydroxylation is 1. The van der Waals surface area contributed by atoms with Crippen molar-refractivity contribution in [3.8, 4) is 11.8 Å².